The highest BCUT2D eigenvalue weighted by Crippen LogP contribution is 2.39. The SMILES string of the molecule is CCOc1cc(C(=O)NCc2nccnc2-c2ccncc2)cc(OCC)c1OCC. The zero-order valence-corrected chi connectivity index (χ0v) is 17.9. The lowest BCUT2D eigenvalue weighted by Crippen LogP contribution is -2.24. The van der Waals surface area contributed by atoms with Crippen LogP contribution in [0.25, 0.3) is 11.3 Å². The summed E-state index contributed by atoms with van der Waals surface area (Å²) in [6.07, 6.45) is 6.60. The number of hydrogen-bond acceptors (Lipinski definition) is 7. The van der Waals surface area contributed by atoms with Gasteiger partial charge >= 0.3 is 0 Å². The summed E-state index contributed by atoms with van der Waals surface area (Å²) in [7, 11) is 0. The third kappa shape index (κ3) is 5.48. The van der Waals surface area contributed by atoms with Gasteiger partial charge in [0.25, 0.3) is 5.91 Å². The van der Waals surface area contributed by atoms with E-state index in [2.05, 4.69) is 20.3 Å². The standard InChI is InChI=1S/C23H26N4O4/c1-4-29-19-13-17(14-20(30-5-2)22(19)31-6-3)23(28)27-15-18-21(26-12-11-25-18)16-7-9-24-10-8-16/h7-14H,4-6,15H2,1-3H3,(H,27,28). The molecule has 0 unspecified atom stereocenters. The van der Waals surface area contributed by atoms with E-state index in [9.17, 15) is 4.79 Å². The number of benzene rings is 1. The average molecular weight is 422 g/mol. The summed E-state index contributed by atoms with van der Waals surface area (Å²) >= 11 is 0. The number of nitrogens with one attached hydrogen (secondary N) is 1. The third-order valence-electron chi connectivity index (χ3n) is 4.32. The van der Waals surface area contributed by atoms with Crippen LogP contribution in [0.15, 0.2) is 49.1 Å². The molecule has 3 rings (SSSR count). The van der Waals surface area contributed by atoms with Crippen molar-refractivity contribution in [2.24, 2.45) is 0 Å². The number of nitrogens with zero attached hydrogens (tertiary/aromatic N) is 3. The zero-order chi connectivity index (χ0) is 22.1. The quantitative estimate of drug-likeness (QED) is 0.533. The Hall–Kier alpha value is -3.68. The molecular weight excluding hydrogens is 396 g/mol. The van der Waals surface area contributed by atoms with Gasteiger partial charge in [-0.1, -0.05) is 0 Å². The maximum Gasteiger partial charge on any atom is 0.251 e. The fourth-order valence-electron chi connectivity index (χ4n) is 3.03. The number of amides is 1. The van der Waals surface area contributed by atoms with E-state index in [4.69, 9.17) is 14.2 Å². The minimum absolute atomic E-state index is 0.214. The highest BCUT2D eigenvalue weighted by Gasteiger charge is 2.19. The topological polar surface area (TPSA) is 95.5 Å². The molecule has 31 heavy (non-hydrogen) atoms. The Morgan fingerprint density at radius 2 is 1.48 bits per heavy atom. The summed E-state index contributed by atoms with van der Waals surface area (Å²) in [5.41, 5.74) is 2.64. The lowest BCUT2D eigenvalue weighted by molar-refractivity contribution is 0.0949. The van der Waals surface area contributed by atoms with E-state index in [0.717, 1.165) is 5.56 Å². The Morgan fingerprint density at radius 3 is 2.10 bits per heavy atom. The molecule has 3 aromatic rings. The highest BCUT2D eigenvalue weighted by molar-refractivity contribution is 5.95. The number of carbonyl (C=O) groups excluding carboxylic acids is 1. The second kappa shape index (κ2) is 10.9. The number of aromatic nitrogens is 3. The van der Waals surface area contributed by atoms with E-state index in [-0.39, 0.29) is 12.5 Å². The van der Waals surface area contributed by atoms with Gasteiger partial charge in [0, 0.05) is 35.9 Å². The maximum absolute atomic E-state index is 12.9. The van der Waals surface area contributed by atoms with E-state index in [1.807, 2.05) is 32.9 Å². The highest BCUT2D eigenvalue weighted by atomic mass is 16.5. The minimum Gasteiger partial charge on any atom is -0.490 e. The van der Waals surface area contributed by atoms with Crippen LogP contribution in [-0.2, 0) is 6.54 Å². The summed E-state index contributed by atoms with van der Waals surface area (Å²) in [6.45, 7) is 7.17. The van der Waals surface area contributed by atoms with Gasteiger partial charge in [0.2, 0.25) is 5.75 Å². The predicted molar refractivity (Wildman–Crippen MR) is 116 cm³/mol. The molecule has 2 heterocycles. The molecule has 0 bridgehead atoms. The first-order valence-electron chi connectivity index (χ1n) is 10.2. The molecule has 0 atom stereocenters. The van der Waals surface area contributed by atoms with Gasteiger partial charge in [0.15, 0.2) is 11.5 Å². The molecule has 0 saturated carbocycles. The molecule has 8 nitrogen and oxygen atoms in total. The van der Waals surface area contributed by atoms with Gasteiger partial charge in [-0.25, -0.2) is 0 Å². The second-order valence-corrected chi connectivity index (χ2v) is 6.37. The average Bonchev–Trinajstić information content (AvgIpc) is 2.80. The number of pyridine rings is 1. The minimum atomic E-state index is -0.281. The van der Waals surface area contributed by atoms with Crippen LogP contribution in [0.1, 0.15) is 36.8 Å². The van der Waals surface area contributed by atoms with Crippen LogP contribution in [0.2, 0.25) is 0 Å². The molecule has 0 aliphatic heterocycles. The van der Waals surface area contributed by atoms with E-state index in [1.54, 1.807) is 36.9 Å². The number of rotatable bonds is 10. The molecule has 0 saturated heterocycles. The van der Waals surface area contributed by atoms with Crippen molar-refractivity contribution in [2.45, 2.75) is 27.3 Å². The lowest BCUT2D eigenvalue weighted by Gasteiger charge is -2.17. The zero-order valence-electron chi connectivity index (χ0n) is 17.9. The van der Waals surface area contributed by atoms with E-state index in [0.29, 0.717) is 54.0 Å². The third-order valence-corrected chi connectivity index (χ3v) is 4.32. The fraction of sp³-hybridized carbons (Fsp3) is 0.304. The molecule has 2 aromatic heterocycles. The van der Waals surface area contributed by atoms with Gasteiger partial charge in [-0.2, -0.15) is 0 Å². The molecule has 0 fully saturated rings. The molecule has 0 aliphatic carbocycles. The molecule has 162 valence electrons. The first-order valence-corrected chi connectivity index (χ1v) is 10.2. The van der Waals surface area contributed by atoms with Crippen LogP contribution in [0.4, 0.5) is 0 Å². The molecule has 0 radical (unpaired) electrons. The summed E-state index contributed by atoms with van der Waals surface area (Å²) in [5.74, 6) is 1.16. The van der Waals surface area contributed by atoms with Crippen molar-refractivity contribution in [3.05, 3.63) is 60.3 Å². The van der Waals surface area contributed by atoms with Gasteiger partial charge < -0.3 is 19.5 Å². The van der Waals surface area contributed by atoms with Crippen LogP contribution in [0.5, 0.6) is 17.2 Å². The molecule has 1 amide bonds. The maximum atomic E-state index is 12.9. The molecule has 0 aliphatic rings. The Kier molecular flexibility index (Phi) is 7.75. The Labute approximate surface area is 181 Å². The number of carbonyl (C=O) groups is 1. The van der Waals surface area contributed by atoms with Crippen LogP contribution >= 0.6 is 0 Å². The number of ether oxygens (including phenoxy) is 3. The van der Waals surface area contributed by atoms with Crippen molar-refractivity contribution in [3.63, 3.8) is 0 Å². The molecule has 1 aromatic carbocycles. The van der Waals surface area contributed by atoms with Crippen molar-refractivity contribution >= 4 is 5.91 Å². The monoisotopic (exact) mass is 422 g/mol. The Morgan fingerprint density at radius 1 is 0.871 bits per heavy atom. The van der Waals surface area contributed by atoms with Crippen LogP contribution in [0, 0.1) is 0 Å². The molecular formula is C23H26N4O4. The van der Waals surface area contributed by atoms with Crippen LogP contribution in [-0.4, -0.2) is 40.7 Å². The van der Waals surface area contributed by atoms with Gasteiger partial charge in [-0.05, 0) is 45.0 Å². The van der Waals surface area contributed by atoms with Crippen molar-refractivity contribution < 1.29 is 19.0 Å². The fourth-order valence-corrected chi connectivity index (χ4v) is 3.03. The summed E-state index contributed by atoms with van der Waals surface area (Å²) in [6, 6.07) is 7.02. The van der Waals surface area contributed by atoms with Crippen LogP contribution < -0.4 is 19.5 Å². The van der Waals surface area contributed by atoms with Gasteiger partial charge in [0.1, 0.15) is 0 Å². The van der Waals surface area contributed by atoms with Gasteiger partial charge in [-0.15, -0.1) is 0 Å². The lowest BCUT2D eigenvalue weighted by atomic mass is 10.1. The largest absolute Gasteiger partial charge is 0.490 e. The van der Waals surface area contributed by atoms with E-state index >= 15 is 0 Å². The van der Waals surface area contributed by atoms with Gasteiger partial charge in [-0.3, -0.25) is 19.7 Å². The smallest absolute Gasteiger partial charge is 0.251 e. The summed E-state index contributed by atoms with van der Waals surface area (Å²) in [5, 5.41) is 2.91. The second-order valence-electron chi connectivity index (χ2n) is 6.37. The molecule has 8 heteroatoms. The van der Waals surface area contributed by atoms with Crippen molar-refractivity contribution in [1.29, 1.82) is 0 Å². The Bertz CT molecular complexity index is 984. The van der Waals surface area contributed by atoms with E-state index in [1.165, 1.54) is 0 Å². The van der Waals surface area contributed by atoms with Crippen LogP contribution in [0.3, 0.4) is 0 Å². The Balaban J connectivity index is 1.84. The first kappa shape index (κ1) is 22.0. The first-order chi connectivity index (χ1) is 15.2. The van der Waals surface area contributed by atoms with Crippen molar-refractivity contribution in [2.75, 3.05) is 19.8 Å². The van der Waals surface area contributed by atoms with E-state index < -0.39 is 0 Å². The molecule has 0 spiro atoms. The molecule has 1 N–H and O–H groups in total. The van der Waals surface area contributed by atoms with Gasteiger partial charge in [0.05, 0.1) is 37.8 Å². The predicted octanol–water partition coefficient (Wildman–Crippen LogP) is 3.66. The summed E-state index contributed by atoms with van der Waals surface area (Å²) in [4.78, 5) is 25.8. The normalized spacial score (nSPS) is 10.4. The van der Waals surface area contributed by atoms with Crippen molar-refractivity contribution in [1.82, 2.24) is 20.3 Å². The van der Waals surface area contributed by atoms with Crippen molar-refractivity contribution in [3.8, 4) is 28.5 Å². The summed E-state index contributed by atoms with van der Waals surface area (Å²) < 4.78 is 17.1. The number of hydrogen-bond donors (Lipinski definition) is 1.